The van der Waals surface area contributed by atoms with Crippen LogP contribution in [-0.4, -0.2) is 23.0 Å². The first kappa shape index (κ1) is 12.6. The SMILES string of the molecule is O=C1CC2CCC(C1)N2c1cc(-c2ccc(F)cc2)on1. The number of piperidine rings is 1. The number of hydrogen-bond donors (Lipinski definition) is 0. The van der Waals surface area contributed by atoms with Crippen LogP contribution in [0.25, 0.3) is 11.3 Å². The number of rotatable bonds is 2. The lowest BCUT2D eigenvalue weighted by molar-refractivity contribution is -0.120. The van der Waals surface area contributed by atoms with E-state index in [0.29, 0.717) is 24.4 Å². The Balaban J connectivity index is 1.63. The number of hydrogen-bond acceptors (Lipinski definition) is 4. The van der Waals surface area contributed by atoms with Gasteiger partial charge < -0.3 is 9.42 Å². The van der Waals surface area contributed by atoms with E-state index in [1.165, 1.54) is 12.1 Å². The third-order valence-corrected chi connectivity index (χ3v) is 4.44. The molecule has 3 heterocycles. The Morgan fingerprint density at radius 3 is 2.48 bits per heavy atom. The lowest BCUT2D eigenvalue weighted by Crippen LogP contribution is -2.43. The molecule has 108 valence electrons. The van der Waals surface area contributed by atoms with Gasteiger partial charge in [0, 0.05) is 36.6 Å². The highest BCUT2D eigenvalue weighted by Gasteiger charge is 2.41. The molecule has 1 aromatic heterocycles. The molecule has 2 unspecified atom stereocenters. The summed E-state index contributed by atoms with van der Waals surface area (Å²) < 4.78 is 18.4. The molecule has 5 heteroatoms. The Morgan fingerprint density at radius 1 is 1.14 bits per heavy atom. The summed E-state index contributed by atoms with van der Waals surface area (Å²) in [7, 11) is 0. The average molecular weight is 286 g/mol. The number of carbonyl (C=O) groups excluding carboxylic acids is 1. The zero-order chi connectivity index (χ0) is 14.4. The molecule has 21 heavy (non-hydrogen) atoms. The summed E-state index contributed by atoms with van der Waals surface area (Å²) in [6.07, 6.45) is 3.29. The van der Waals surface area contributed by atoms with Gasteiger partial charge in [-0.1, -0.05) is 5.16 Å². The molecule has 0 saturated carbocycles. The van der Waals surface area contributed by atoms with E-state index in [1.807, 2.05) is 6.07 Å². The van der Waals surface area contributed by atoms with Crippen molar-refractivity contribution < 1.29 is 13.7 Å². The molecule has 2 fully saturated rings. The highest BCUT2D eigenvalue weighted by atomic mass is 19.1. The topological polar surface area (TPSA) is 46.3 Å². The number of aromatic nitrogens is 1. The molecule has 0 N–H and O–H groups in total. The van der Waals surface area contributed by atoms with Crippen molar-refractivity contribution in [2.24, 2.45) is 0 Å². The van der Waals surface area contributed by atoms with E-state index >= 15 is 0 Å². The van der Waals surface area contributed by atoms with E-state index in [4.69, 9.17) is 4.52 Å². The second-order valence-electron chi connectivity index (χ2n) is 5.80. The third kappa shape index (κ3) is 2.13. The van der Waals surface area contributed by atoms with Gasteiger partial charge in [0.1, 0.15) is 11.6 Å². The highest BCUT2D eigenvalue weighted by Crippen LogP contribution is 2.38. The predicted molar refractivity (Wildman–Crippen MR) is 75.4 cm³/mol. The Labute approximate surface area is 121 Å². The van der Waals surface area contributed by atoms with Crippen LogP contribution in [-0.2, 0) is 4.79 Å². The van der Waals surface area contributed by atoms with Gasteiger partial charge in [-0.25, -0.2) is 4.39 Å². The minimum Gasteiger partial charge on any atom is -0.354 e. The van der Waals surface area contributed by atoms with Crippen molar-refractivity contribution in [2.45, 2.75) is 37.8 Å². The van der Waals surface area contributed by atoms with E-state index in [9.17, 15) is 9.18 Å². The number of benzene rings is 1. The average Bonchev–Trinajstić information content (AvgIpc) is 3.03. The number of anilines is 1. The summed E-state index contributed by atoms with van der Waals surface area (Å²) in [6.45, 7) is 0. The summed E-state index contributed by atoms with van der Waals surface area (Å²) in [5.41, 5.74) is 0.801. The maximum atomic E-state index is 13.0. The molecule has 0 aliphatic carbocycles. The minimum atomic E-state index is -0.272. The minimum absolute atomic E-state index is 0.252. The van der Waals surface area contributed by atoms with E-state index in [2.05, 4.69) is 10.1 Å². The Morgan fingerprint density at radius 2 is 1.81 bits per heavy atom. The van der Waals surface area contributed by atoms with Crippen LogP contribution in [0.4, 0.5) is 10.2 Å². The summed E-state index contributed by atoms with van der Waals surface area (Å²) in [5, 5.41) is 4.15. The van der Waals surface area contributed by atoms with Crippen molar-refractivity contribution in [3.8, 4) is 11.3 Å². The second kappa shape index (κ2) is 4.69. The summed E-state index contributed by atoms with van der Waals surface area (Å²) in [4.78, 5) is 13.9. The highest BCUT2D eigenvalue weighted by molar-refractivity contribution is 5.83. The van der Waals surface area contributed by atoms with E-state index in [1.54, 1.807) is 12.1 Å². The van der Waals surface area contributed by atoms with E-state index in [-0.39, 0.29) is 17.9 Å². The number of Topliss-reactive ketones (excluding diaryl/α,β-unsaturated/α-hetero) is 1. The van der Waals surface area contributed by atoms with Crippen LogP contribution < -0.4 is 4.90 Å². The summed E-state index contributed by atoms with van der Waals surface area (Å²) >= 11 is 0. The van der Waals surface area contributed by atoms with Crippen LogP contribution in [0.2, 0.25) is 0 Å². The van der Waals surface area contributed by atoms with Gasteiger partial charge in [0.15, 0.2) is 11.6 Å². The molecular formula is C16H15FN2O2. The fraction of sp³-hybridized carbons (Fsp3) is 0.375. The zero-order valence-electron chi connectivity index (χ0n) is 11.5. The third-order valence-electron chi connectivity index (χ3n) is 4.44. The van der Waals surface area contributed by atoms with Crippen LogP contribution in [0.3, 0.4) is 0 Å². The van der Waals surface area contributed by atoms with Gasteiger partial charge >= 0.3 is 0 Å². The first-order chi connectivity index (χ1) is 10.2. The van der Waals surface area contributed by atoms with Gasteiger partial charge in [-0.15, -0.1) is 0 Å². The normalized spacial score (nSPS) is 24.6. The Kier molecular flexibility index (Phi) is 2.80. The molecule has 0 spiro atoms. The molecule has 4 rings (SSSR count). The molecule has 0 amide bonds. The first-order valence-electron chi connectivity index (χ1n) is 7.23. The largest absolute Gasteiger partial charge is 0.354 e. The molecule has 2 aliphatic heterocycles. The molecule has 2 atom stereocenters. The number of halogens is 1. The first-order valence-corrected chi connectivity index (χ1v) is 7.23. The molecule has 2 bridgehead atoms. The molecule has 1 aromatic carbocycles. The van der Waals surface area contributed by atoms with Crippen molar-refractivity contribution in [1.29, 1.82) is 0 Å². The lowest BCUT2D eigenvalue weighted by atomic mass is 10.0. The van der Waals surface area contributed by atoms with Crippen molar-refractivity contribution in [3.05, 3.63) is 36.1 Å². The van der Waals surface area contributed by atoms with Gasteiger partial charge in [-0.05, 0) is 37.1 Å². The second-order valence-corrected chi connectivity index (χ2v) is 5.80. The molecule has 4 nitrogen and oxygen atoms in total. The van der Waals surface area contributed by atoms with Gasteiger partial charge in [0.25, 0.3) is 0 Å². The van der Waals surface area contributed by atoms with Gasteiger partial charge in [-0.2, -0.15) is 0 Å². The Hall–Kier alpha value is -2.17. The molecule has 2 saturated heterocycles. The van der Waals surface area contributed by atoms with Gasteiger partial charge in [-0.3, -0.25) is 4.79 Å². The summed E-state index contributed by atoms with van der Waals surface area (Å²) in [6, 6.07) is 8.54. The number of fused-ring (bicyclic) bond motifs is 2. The number of carbonyl (C=O) groups is 1. The monoisotopic (exact) mass is 286 g/mol. The van der Waals surface area contributed by atoms with Crippen LogP contribution in [0.1, 0.15) is 25.7 Å². The van der Waals surface area contributed by atoms with Crippen LogP contribution in [0, 0.1) is 5.82 Å². The predicted octanol–water partition coefficient (Wildman–Crippen LogP) is 3.18. The summed E-state index contributed by atoms with van der Waals surface area (Å²) in [5.74, 6) is 1.49. The smallest absolute Gasteiger partial charge is 0.173 e. The van der Waals surface area contributed by atoms with Crippen molar-refractivity contribution >= 4 is 11.6 Å². The maximum Gasteiger partial charge on any atom is 0.173 e. The standard InChI is InChI=1S/C16H15FN2O2/c17-11-3-1-10(2-4-11)15-9-16(18-21-15)19-12-5-6-13(19)8-14(20)7-12/h1-4,9,12-13H,5-8H2. The zero-order valence-corrected chi connectivity index (χ0v) is 11.5. The van der Waals surface area contributed by atoms with Crippen LogP contribution in [0.5, 0.6) is 0 Å². The molecule has 2 aromatic rings. The van der Waals surface area contributed by atoms with Gasteiger partial charge in [0.05, 0.1) is 0 Å². The fourth-order valence-corrected chi connectivity index (χ4v) is 3.48. The van der Waals surface area contributed by atoms with Crippen LogP contribution in [0.15, 0.2) is 34.9 Å². The fourth-order valence-electron chi connectivity index (χ4n) is 3.48. The maximum absolute atomic E-state index is 13.0. The molecular weight excluding hydrogens is 271 g/mol. The van der Waals surface area contributed by atoms with E-state index < -0.39 is 0 Å². The number of ketones is 1. The quantitative estimate of drug-likeness (QED) is 0.850. The Bertz CT molecular complexity index is 664. The van der Waals surface area contributed by atoms with Gasteiger partial charge in [0.2, 0.25) is 0 Å². The number of nitrogens with zero attached hydrogens (tertiary/aromatic N) is 2. The van der Waals surface area contributed by atoms with Crippen LogP contribution >= 0.6 is 0 Å². The molecule has 2 aliphatic rings. The molecule has 0 radical (unpaired) electrons. The lowest BCUT2D eigenvalue weighted by Gasteiger charge is -2.33. The van der Waals surface area contributed by atoms with E-state index in [0.717, 1.165) is 24.2 Å². The van der Waals surface area contributed by atoms with Crippen molar-refractivity contribution in [2.75, 3.05) is 4.90 Å². The van der Waals surface area contributed by atoms with Crippen molar-refractivity contribution in [1.82, 2.24) is 5.16 Å². The van der Waals surface area contributed by atoms with Crippen molar-refractivity contribution in [3.63, 3.8) is 0 Å².